The lowest BCUT2D eigenvalue weighted by atomic mass is 9.95. The SMILES string of the molecule is CCS(=O)(=O)NCCN1C[C@@H](C(F)(F)F)[C@H](C(N)=O)C1. The molecule has 1 heterocycles. The van der Waals surface area contributed by atoms with Crippen LogP contribution in [-0.4, -0.2) is 57.3 Å². The number of nitrogens with two attached hydrogens (primary N) is 1. The predicted octanol–water partition coefficient (Wildman–Crippen LogP) is -0.479. The third-order valence-corrected chi connectivity index (χ3v) is 4.72. The molecule has 1 saturated heterocycles. The topological polar surface area (TPSA) is 92.5 Å². The molecule has 2 atom stereocenters. The van der Waals surface area contributed by atoms with Gasteiger partial charge >= 0.3 is 6.18 Å². The number of sulfonamides is 1. The van der Waals surface area contributed by atoms with Gasteiger partial charge in [-0.3, -0.25) is 4.79 Å². The Kier molecular flexibility index (Phi) is 5.39. The zero-order valence-corrected chi connectivity index (χ0v) is 11.8. The van der Waals surface area contributed by atoms with Gasteiger partial charge < -0.3 is 10.6 Å². The lowest BCUT2D eigenvalue weighted by Gasteiger charge is -2.18. The van der Waals surface area contributed by atoms with Crippen molar-refractivity contribution in [3.8, 4) is 0 Å². The number of carbonyl (C=O) groups excluding carboxylic acids is 1. The van der Waals surface area contributed by atoms with Gasteiger partial charge in [0.25, 0.3) is 0 Å². The predicted molar refractivity (Wildman–Crippen MR) is 66.1 cm³/mol. The lowest BCUT2D eigenvalue weighted by Crippen LogP contribution is -2.37. The van der Waals surface area contributed by atoms with Crippen LogP contribution in [0.1, 0.15) is 6.92 Å². The van der Waals surface area contributed by atoms with E-state index >= 15 is 0 Å². The Labute approximate surface area is 115 Å². The molecule has 0 bridgehead atoms. The van der Waals surface area contributed by atoms with Gasteiger partial charge in [0.1, 0.15) is 0 Å². The monoisotopic (exact) mass is 317 g/mol. The molecular formula is C10H18F3N3O3S. The maximum atomic E-state index is 12.8. The summed E-state index contributed by atoms with van der Waals surface area (Å²) < 4.78 is 62.9. The number of halogens is 3. The van der Waals surface area contributed by atoms with Crippen LogP contribution in [0.25, 0.3) is 0 Å². The molecule has 0 saturated carbocycles. The van der Waals surface area contributed by atoms with Crippen molar-refractivity contribution in [1.29, 1.82) is 0 Å². The van der Waals surface area contributed by atoms with Crippen LogP contribution < -0.4 is 10.5 Å². The van der Waals surface area contributed by atoms with Crippen molar-refractivity contribution in [2.24, 2.45) is 17.6 Å². The molecule has 1 aliphatic heterocycles. The molecule has 1 amide bonds. The zero-order chi connectivity index (χ0) is 15.6. The van der Waals surface area contributed by atoms with E-state index in [-0.39, 0.29) is 31.9 Å². The minimum Gasteiger partial charge on any atom is -0.369 e. The first-order chi connectivity index (χ1) is 9.07. The molecule has 0 aliphatic carbocycles. The molecular weight excluding hydrogens is 299 g/mol. The Morgan fingerprint density at radius 1 is 1.40 bits per heavy atom. The van der Waals surface area contributed by atoms with Crippen LogP contribution >= 0.6 is 0 Å². The summed E-state index contributed by atoms with van der Waals surface area (Å²) in [5.74, 6) is -4.15. The molecule has 10 heteroatoms. The number of amides is 1. The highest BCUT2D eigenvalue weighted by Crippen LogP contribution is 2.37. The van der Waals surface area contributed by atoms with E-state index in [1.54, 1.807) is 0 Å². The number of nitrogens with zero attached hydrogens (tertiary/aromatic N) is 1. The van der Waals surface area contributed by atoms with E-state index in [1.165, 1.54) is 11.8 Å². The Morgan fingerprint density at radius 2 is 2.00 bits per heavy atom. The number of alkyl halides is 3. The molecule has 0 spiro atoms. The first-order valence-electron chi connectivity index (χ1n) is 6.12. The summed E-state index contributed by atoms with van der Waals surface area (Å²) >= 11 is 0. The highest BCUT2D eigenvalue weighted by molar-refractivity contribution is 7.89. The van der Waals surface area contributed by atoms with E-state index in [0.717, 1.165) is 0 Å². The molecule has 0 unspecified atom stereocenters. The second-order valence-corrected chi connectivity index (χ2v) is 6.81. The summed E-state index contributed by atoms with van der Waals surface area (Å²) in [7, 11) is -3.37. The fraction of sp³-hybridized carbons (Fsp3) is 0.900. The number of nitrogens with one attached hydrogen (secondary N) is 1. The lowest BCUT2D eigenvalue weighted by molar-refractivity contribution is -0.182. The number of hydrogen-bond donors (Lipinski definition) is 2. The molecule has 1 aliphatic rings. The third kappa shape index (κ3) is 4.60. The Hall–Kier alpha value is -0.870. The van der Waals surface area contributed by atoms with Crippen LogP contribution in [0.2, 0.25) is 0 Å². The van der Waals surface area contributed by atoms with Gasteiger partial charge in [0.15, 0.2) is 0 Å². The minimum atomic E-state index is -4.49. The van der Waals surface area contributed by atoms with E-state index in [9.17, 15) is 26.4 Å². The van der Waals surface area contributed by atoms with E-state index in [0.29, 0.717) is 0 Å². The van der Waals surface area contributed by atoms with Crippen LogP contribution in [0.4, 0.5) is 13.2 Å². The zero-order valence-electron chi connectivity index (χ0n) is 11.0. The van der Waals surface area contributed by atoms with E-state index in [1.807, 2.05) is 0 Å². The van der Waals surface area contributed by atoms with Crippen molar-refractivity contribution in [3.63, 3.8) is 0 Å². The van der Waals surface area contributed by atoms with E-state index in [2.05, 4.69) is 4.72 Å². The summed E-state index contributed by atoms with van der Waals surface area (Å²) in [6, 6.07) is 0. The molecule has 118 valence electrons. The number of rotatable bonds is 6. The first-order valence-corrected chi connectivity index (χ1v) is 7.77. The Morgan fingerprint density at radius 3 is 2.40 bits per heavy atom. The van der Waals surface area contributed by atoms with Gasteiger partial charge in [-0.25, -0.2) is 13.1 Å². The van der Waals surface area contributed by atoms with Gasteiger partial charge in [0.05, 0.1) is 17.6 Å². The second kappa shape index (κ2) is 6.27. The minimum absolute atomic E-state index is 0.00618. The second-order valence-electron chi connectivity index (χ2n) is 4.71. The van der Waals surface area contributed by atoms with Gasteiger partial charge in [0, 0.05) is 26.2 Å². The molecule has 0 aromatic rings. The van der Waals surface area contributed by atoms with Crippen LogP contribution in [-0.2, 0) is 14.8 Å². The van der Waals surface area contributed by atoms with Crippen LogP contribution in [0.5, 0.6) is 0 Å². The van der Waals surface area contributed by atoms with Crippen molar-refractivity contribution in [2.45, 2.75) is 13.1 Å². The van der Waals surface area contributed by atoms with Crippen molar-refractivity contribution < 1.29 is 26.4 Å². The average molecular weight is 317 g/mol. The number of carbonyl (C=O) groups is 1. The van der Waals surface area contributed by atoms with Crippen molar-refractivity contribution in [3.05, 3.63) is 0 Å². The summed E-state index contributed by atoms with van der Waals surface area (Å²) in [4.78, 5) is 12.5. The van der Waals surface area contributed by atoms with Crippen LogP contribution in [0.15, 0.2) is 0 Å². The smallest absolute Gasteiger partial charge is 0.369 e. The number of hydrogen-bond acceptors (Lipinski definition) is 4. The molecule has 3 N–H and O–H groups in total. The molecule has 0 aromatic carbocycles. The van der Waals surface area contributed by atoms with Gasteiger partial charge in [-0.1, -0.05) is 0 Å². The normalized spacial score (nSPS) is 25.0. The van der Waals surface area contributed by atoms with Gasteiger partial charge in [-0.05, 0) is 6.92 Å². The van der Waals surface area contributed by atoms with Crippen LogP contribution in [0.3, 0.4) is 0 Å². The van der Waals surface area contributed by atoms with Crippen molar-refractivity contribution >= 4 is 15.9 Å². The van der Waals surface area contributed by atoms with Crippen molar-refractivity contribution in [1.82, 2.24) is 9.62 Å². The molecule has 0 radical (unpaired) electrons. The quantitative estimate of drug-likeness (QED) is 0.692. The number of primary amides is 1. The largest absolute Gasteiger partial charge is 0.393 e. The summed E-state index contributed by atoms with van der Waals surface area (Å²) in [6.07, 6.45) is -4.49. The fourth-order valence-electron chi connectivity index (χ4n) is 2.15. The maximum absolute atomic E-state index is 12.8. The van der Waals surface area contributed by atoms with Gasteiger partial charge in [-0.15, -0.1) is 0 Å². The highest BCUT2D eigenvalue weighted by atomic mass is 32.2. The molecule has 1 fully saturated rings. The van der Waals surface area contributed by atoms with Gasteiger partial charge in [0.2, 0.25) is 15.9 Å². The Bertz CT molecular complexity index is 452. The first kappa shape index (κ1) is 17.2. The van der Waals surface area contributed by atoms with E-state index < -0.39 is 33.9 Å². The summed E-state index contributed by atoms with van der Waals surface area (Å²) in [5.41, 5.74) is 4.99. The summed E-state index contributed by atoms with van der Waals surface area (Å²) in [5, 5.41) is 0. The van der Waals surface area contributed by atoms with E-state index in [4.69, 9.17) is 5.73 Å². The summed E-state index contributed by atoms with van der Waals surface area (Å²) in [6.45, 7) is 1.13. The standard InChI is InChI=1S/C10H18F3N3O3S/c1-2-20(18,19)15-3-4-16-5-7(9(14)17)8(6-16)10(11,12)13/h7-8,15H,2-6H2,1H3,(H2,14,17)/t7-,8-/m1/s1. The molecule has 1 rings (SSSR count). The van der Waals surface area contributed by atoms with Gasteiger partial charge in [-0.2, -0.15) is 13.2 Å². The average Bonchev–Trinajstić information content (AvgIpc) is 2.73. The molecule has 0 aromatic heterocycles. The number of likely N-dealkylation sites (tertiary alicyclic amines) is 1. The highest BCUT2D eigenvalue weighted by Gasteiger charge is 2.51. The Balaban J connectivity index is 2.57. The third-order valence-electron chi connectivity index (χ3n) is 3.31. The molecule has 6 nitrogen and oxygen atoms in total. The fourth-order valence-corrected chi connectivity index (χ4v) is 2.76. The molecule has 20 heavy (non-hydrogen) atoms. The van der Waals surface area contributed by atoms with Crippen LogP contribution in [0, 0.1) is 11.8 Å². The van der Waals surface area contributed by atoms with Crippen molar-refractivity contribution in [2.75, 3.05) is 31.9 Å². The maximum Gasteiger partial charge on any atom is 0.393 e.